The zero-order chi connectivity index (χ0) is 27.5. The Balaban J connectivity index is 1.55. The normalized spacial score (nSPS) is 28.8. The second-order valence-electron chi connectivity index (χ2n) is 9.71. The van der Waals surface area contributed by atoms with Crippen molar-refractivity contribution in [1.29, 1.82) is 0 Å². The summed E-state index contributed by atoms with van der Waals surface area (Å²) in [6.07, 6.45) is -9.42. The number of fused-ring (bicyclic) bond motifs is 7. The lowest BCUT2D eigenvalue weighted by atomic mass is 9.75. The van der Waals surface area contributed by atoms with Crippen molar-refractivity contribution in [1.82, 2.24) is 4.90 Å². The molecule has 4 atom stereocenters. The van der Waals surface area contributed by atoms with E-state index in [0.29, 0.717) is 36.4 Å². The van der Waals surface area contributed by atoms with E-state index in [4.69, 9.17) is 23.2 Å². The quantitative estimate of drug-likeness (QED) is 0.361. The van der Waals surface area contributed by atoms with Crippen LogP contribution in [0.5, 0.6) is 0 Å². The Bertz CT molecular complexity index is 1410. The van der Waals surface area contributed by atoms with E-state index in [1.807, 2.05) is 0 Å². The average Bonchev–Trinajstić information content (AvgIpc) is 3.51. The van der Waals surface area contributed by atoms with Crippen LogP contribution in [0.1, 0.15) is 29.5 Å². The molecule has 38 heavy (non-hydrogen) atoms. The van der Waals surface area contributed by atoms with Crippen LogP contribution in [0.3, 0.4) is 0 Å². The predicted octanol–water partition coefficient (Wildman–Crippen LogP) is 5.46. The Hall–Kier alpha value is -2.83. The van der Waals surface area contributed by atoms with Crippen LogP contribution >= 0.6 is 23.2 Å². The Labute approximate surface area is 220 Å². The van der Waals surface area contributed by atoms with Gasteiger partial charge in [-0.05, 0) is 49.7 Å². The van der Waals surface area contributed by atoms with E-state index in [9.17, 15) is 40.7 Å². The molecule has 14 heteroatoms. The van der Waals surface area contributed by atoms with Crippen LogP contribution < -0.4 is 10.2 Å². The molecule has 4 heterocycles. The second kappa shape index (κ2) is 7.86. The van der Waals surface area contributed by atoms with Crippen molar-refractivity contribution < 1.29 is 40.7 Å². The minimum absolute atomic E-state index is 0.0817. The van der Waals surface area contributed by atoms with E-state index in [1.54, 1.807) is 4.90 Å². The van der Waals surface area contributed by atoms with Crippen molar-refractivity contribution in [2.45, 2.75) is 36.8 Å². The summed E-state index contributed by atoms with van der Waals surface area (Å²) >= 11 is 12.5. The van der Waals surface area contributed by atoms with Crippen LogP contribution in [0.25, 0.3) is 0 Å². The van der Waals surface area contributed by atoms with Gasteiger partial charge in [-0.15, -0.1) is 0 Å². The predicted molar refractivity (Wildman–Crippen MR) is 122 cm³/mol. The highest BCUT2D eigenvalue weighted by Gasteiger charge is 2.75. The van der Waals surface area contributed by atoms with Gasteiger partial charge in [-0.25, -0.2) is 4.90 Å². The number of nitrogens with one attached hydrogen (secondary N) is 1. The van der Waals surface area contributed by atoms with E-state index in [0.717, 1.165) is 0 Å². The van der Waals surface area contributed by atoms with Gasteiger partial charge in [0.2, 0.25) is 11.8 Å². The average molecular weight is 578 g/mol. The number of imide groups is 1. The number of nitrogens with zero attached hydrogens (tertiary/aromatic N) is 2. The van der Waals surface area contributed by atoms with E-state index in [-0.39, 0.29) is 27.4 Å². The first-order valence-corrected chi connectivity index (χ1v) is 12.2. The fraction of sp³-hybridized carbons (Fsp3) is 0.375. The summed E-state index contributed by atoms with van der Waals surface area (Å²) in [6.45, 7) is 0.330. The van der Waals surface area contributed by atoms with Gasteiger partial charge in [0.15, 0.2) is 0 Å². The standard InChI is InChI=1S/C24H15Cl2F6N3O3/c25-11-7-13-18(14(26)8-11)33-21(38)22(13)17-16(15-2-1-3-34(15)22)19(36)35(20(17)37)12-5-9(23(27,28)29)4-10(6-12)24(30,31)32/h4-8,15-17H,1-3H2,(H,33,38)/t15?,16?,17?,22-/m1/s1. The molecule has 6 rings (SSSR count). The zero-order valence-corrected chi connectivity index (χ0v) is 20.4. The molecule has 0 saturated carbocycles. The van der Waals surface area contributed by atoms with Crippen LogP contribution in [0, 0.1) is 11.8 Å². The smallest absolute Gasteiger partial charge is 0.323 e. The highest BCUT2D eigenvalue weighted by atomic mass is 35.5. The number of alkyl halides is 6. The Morgan fingerprint density at radius 1 is 0.895 bits per heavy atom. The SMILES string of the molecule is O=C1C2C3CCCN3[C@@]3(C(=O)Nc4c(Cl)cc(Cl)cc43)C2C(=O)N1c1cc(C(F)(F)F)cc(C(F)(F)F)c1. The van der Waals surface area contributed by atoms with E-state index in [1.165, 1.54) is 12.1 Å². The number of carbonyl (C=O) groups excluding carboxylic acids is 3. The number of benzene rings is 2. The van der Waals surface area contributed by atoms with Gasteiger partial charge in [0.1, 0.15) is 5.54 Å². The molecule has 4 aliphatic heterocycles. The number of carbonyl (C=O) groups is 3. The van der Waals surface area contributed by atoms with Gasteiger partial charge in [0, 0.05) is 16.6 Å². The summed E-state index contributed by atoms with van der Waals surface area (Å²) in [7, 11) is 0. The number of hydrogen-bond acceptors (Lipinski definition) is 4. The first-order chi connectivity index (χ1) is 17.7. The third-order valence-corrected chi connectivity index (χ3v) is 8.37. The van der Waals surface area contributed by atoms with Crippen LogP contribution in [0.4, 0.5) is 37.7 Å². The minimum atomic E-state index is -5.18. The summed E-state index contributed by atoms with van der Waals surface area (Å²) in [4.78, 5) is 43.3. The summed E-state index contributed by atoms with van der Waals surface area (Å²) < 4.78 is 81.1. The molecule has 0 aliphatic carbocycles. The zero-order valence-electron chi connectivity index (χ0n) is 18.9. The fourth-order valence-corrected chi connectivity index (χ4v) is 7.09. The molecule has 1 spiro atoms. The molecular formula is C24H15Cl2F6N3O3. The lowest BCUT2D eigenvalue weighted by molar-refractivity contribution is -0.143. The molecule has 3 saturated heterocycles. The van der Waals surface area contributed by atoms with Gasteiger partial charge >= 0.3 is 12.4 Å². The lowest BCUT2D eigenvalue weighted by Gasteiger charge is -2.36. The summed E-state index contributed by atoms with van der Waals surface area (Å²) in [5.74, 6) is -5.29. The van der Waals surface area contributed by atoms with Crippen molar-refractivity contribution in [3.05, 3.63) is 57.1 Å². The summed E-state index contributed by atoms with van der Waals surface area (Å²) in [5.41, 5.74) is -5.53. The number of anilines is 2. The topological polar surface area (TPSA) is 69.7 Å². The van der Waals surface area contributed by atoms with Gasteiger partial charge in [-0.3, -0.25) is 19.3 Å². The van der Waals surface area contributed by atoms with Crippen LogP contribution in [-0.4, -0.2) is 35.2 Å². The molecule has 3 amide bonds. The third kappa shape index (κ3) is 3.23. The van der Waals surface area contributed by atoms with Gasteiger partial charge in [-0.1, -0.05) is 23.2 Å². The molecular weight excluding hydrogens is 563 g/mol. The Morgan fingerprint density at radius 2 is 1.53 bits per heavy atom. The van der Waals surface area contributed by atoms with Gasteiger partial charge in [0.05, 0.1) is 39.4 Å². The number of rotatable bonds is 1. The molecule has 200 valence electrons. The van der Waals surface area contributed by atoms with Crippen molar-refractivity contribution in [2.75, 3.05) is 16.8 Å². The van der Waals surface area contributed by atoms with Crippen LogP contribution in [0.15, 0.2) is 30.3 Å². The molecule has 4 aliphatic rings. The molecule has 0 radical (unpaired) electrons. The lowest BCUT2D eigenvalue weighted by Crippen LogP contribution is -2.54. The third-order valence-electron chi connectivity index (χ3n) is 7.85. The van der Waals surface area contributed by atoms with Gasteiger partial charge in [0.25, 0.3) is 5.91 Å². The van der Waals surface area contributed by atoms with Crippen molar-refractivity contribution in [3.8, 4) is 0 Å². The van der Waals surface area contributed by atoms with Crippen LogP contribution in [0.2, 0.25) is 10.0 Å². The molecule has 2 aromatic carbocycles. The minimum Gasteiger partial charge on any atom is -0.323 e. The number of halogens is 8. The highest BCUT2D eigenvalue weighted by Crippen LogP contribution is 2.62. The van der Waals surface area contributed by atoms with Crippen molar-refractivity contribution in [3.63, 3.8) is 0 Å². The van der Waals surface area contributed by atoms with E-state index in [2.05, 4.69) is 5.32 Å². The molecule has 3 fully saturated rings. The molecule has 2 aromatic rings. The molecule has 6 nitrogen and oxygen atoms in total. The Morgan fingerprint density at radius 3 is 2.13 bits per heavy atom. The number of hydrogen-bond donors (Lipinski definition) is 1. The molecule has 0 bridgehead atoms. The maximum Gasteiger partial charge on any atom is 0.416 e. The number of amides is 3. The maximum atomic E-state index is 13.9. The summed E-state index contributed by atoms with van der Waals surface area (Å²) in [6, 6.07) is 2.75. The first-order valence-electron chi connectivity index (χ1n) is 11.4. The van der Waals surface area contributed by atoms with E-state index >= 15 is 0 Å². The first kappa shape index (κ1) is 25.4. The van der Waals surface area contributed by atoms with E-state index < -0.39 is 70.3 Å². The van der Waals surface area contributed by atoms with Crippen LogP contribution in [-0.2, 0) is 32.3 Å². The maximum absolute atomic E-state index is 13.9. The molecule has 0 aromatic heterocycles. The van der Waals surface area contributed by atoms with Gasteiger partial charge in [-0.2, -0.15) is 26.3 Å². The monoisotopic (exact) mass is 577 g/mol. The molecule has 3 unspecified atom stereocenters. The van der Waals surface area contributed by atoms with Crippen molar-refractivity contribution in [2.24, 2.45) is 11.8 Å². The second-order valence-corrected chi connectivity index (χ2v) is 10.6. The largest absolute Gasteiger partial charge is 0.416 e. The molecule has 1 N–H and O–H groups in total. The fourth-order valence-electron chi connectivity index (χ4n) is 6.55. The highest BCUT2D eigenvalue weighted by molar-refractivity contribution is 6.38. The summed E-state index contributed by atoms with van der Waals surface area (Å²) in [5, 5.41) is 2.87. The van der Waals surface area contributed by atoms with Crippen molar-refractivity contribution >= 4 is 52.3 Å². The van der Waals surface area contributed by atoms with Gasteiger partial charge < -0.3 is 5.32 Å². The Kier molecular flexibility index (Phi) is 5.26.